The average molecular weight is 413 g/mol. The number of hydrogen-bond donors (Lipinski definition) is 0. The second kappa shape index (κ2) is 25.5. The molecule has 180 valence electrons. The first-order valence-electron chi connectivity index (χ1n) is 12.8. The van der Waals surface area contributed by atoms with Gasteiger partial charge >= 0.3 is 0 Å². The van der Waals surface area contributed by atoms with Crippen LogP contribution in [-0.2, 0) is 0 Å². The Morgan fingerprint density at radius 1 is 0.793 bits per heavy atom. The van der Waals surface area contributed by atoms with Crippen molar-refractivity contribution >= 4 is 0 Å². The van der Waals surface area contributed by atoms with Crippen LogP contribution in [0.15, 0.2) is 25.3 Å². The Morgan fingerprint density at radius 3 is 1.31 bits per heavy atom. The molecule has 2 unspecified atom stereocenters. The van der Waals surface area contributed by atoms with Crippen molar-refractivity contribution < 1.29 is 0 Å². The zero-order chi connectivity index (χ0) is 24.7. The van der Waals surface area contributed by atoms with Gasteiger partial charge in [0.1, 0.15) is 0 Å². The van der Waals surface area contributed by atoms with E-state index in [-0.39, 0.29) is 0 Å². The molecule has 1 aliphatic carbocycles. The Labute approximate surface area is 190 Å². The number of rotatable bonds is 5. The molecule has 0 bridgehead atoms. The van der Waals surface area contributed by atoms with Gasteiger partial charge in [-0.15, -0.1) is 13.2 Å². The van der Waals surface area contributed by atoms with Crippen LogP contribution < -0.4 is 0 Å². The molecule has 0 aliphatic heterocycles. The Kier molecular flexibility index (Phi) is 34.3. The van der Waals surface area contributed by atoms with Crippen LogP contribution in [0, 0.1) is 28.6 Å². The third-order valence-electron chi connectivity index (χ3n) is 5.80. The maximum atomic E-state index is 3.00. The van der Waals surface area contributed by atoms with E-state index in [1.54, 1.807) is 0 Å². The zero-order valence-electron chi connectivity index (χ0n) is 23.8. The molecule has 0 saturated heterocycles. The van der Waals surface area contributed by atoms with Crippen LogP contribution >= 0.6 is 0 Å². The van der Waals surface area contributed by atoms with Crippen molar-refractivity contribution in [3.63, 3.8) is 0 Å². The van der Waals surface area contributed by atoms with Crippen LogP contribution in [0.4, 0.5) is 0 Å². The summed E-state index contributed by atoms with van der Waals surface area (Å²) in [6.07, 6.45) is 11.8. The molecule has 0 radical (unpaired) electrons. The summed E-state index contributed by atoms with van der Waals surface area (Å²) in [5.41, 5.74) is 0.761. The van der Waals surface area contributed by atoms with Crippen molar-refractivity contribution in [1.82, 2.24) is 0 Å². The molecule has 1 fully saturated rings. The highest BCUT2D eigenvalue weighted by atomic mass is 14.5. The molecule has 0 heteroatoms. The summed E-state index contributed by atoms with van der Waals surface area (Å²) in [4.78, 5) is 0. The number of hydrogen-bond acceptors (Lipinski definition) is 0. The van der Waals surface area contributed by atoms with Gasteiger partial charge in [0.05, 0.1) is 0 Å². The lowest BCUT2D eigenvalue weighted by molar-refractivity contribution is 0.0378. The predicted molar refractivity (Wildman–Crippen MR) is 144 cm³/mol. The summed E-state index contributed by atoms with van der Waals surface area (Å²) in [5.74, 6) is 2.52. The highest BCUT2D eigenvalue weighted by molar-refractivity contribution is 5.09. The monoisotopic (exact) mass is 413 g/mol. The van der Waals surface area contributed by atoms with Gasteiger partial charge in [-0.25, -0.2) is 0 Å². The van der Waals surface area contributed by atoms with Gasteiger partial charge in [-0.3, -0.25) is 0 Å². The molecule has 1 rings (SSSR count). The molecular formula is C29H64. The first-order chi connectivity index (χ1) is 13.6. The van der Waals surface area contributed by atoms with E-state index < -0.39 is 0 Å². The summed E-state index contributed by atoms with van der Waals surface area (Å²) in [5, 5.41) is 0. The first-order valence-corrected chi connectivity index (χ1v) is 12.8. The Morgan fingerprint density at radius 2 is 1.14 bits per heavy atom. The molecule has 0 spiro atoms. The summed E-state index contributed by atoms with van der Waals surface area (Å²) >= 11 is 0. The standard InChI is InChI=1S/C16H30.C5H12.3C2H6.C2H4/c1-7-13(2)11-12-16(6,15(3,4)5)14-9-8-10-14;1-4-5(2)3;4*1-2/h11-14H,7-10H2,1-6H3;5H,4H2,1-3H3;3*1-2H3;1-2H2. The Balaban J connectivity index is -0.000000124. The van der Waals surface area contributed by atoms with Crippen LogP contribution in [0.25, 0.3) is 0 Å². The van der Waals surface area contributed by atoms with E-state index in [9.17, 15) is 0 Å². The molecule has 2 atom stereocenters. The zero-order valence-corrected chi connectivity index (χ0v) is 23.8. The molecule has 0 aromatic rings. The molecule has 29 heavy (non-hydrogen) atoms. The lowest BCUT2D eigenvalue weighted by atomic mass is 9.55. The normalized spacial score (nSPS) is 15.7. The lowest BCUT2D eigenvalue weighted by Crippen LogP contribution is -2.41. The lowest BCUT2D eigenvalue weighted by Gasteiger charge is -2.50. The fraction of sp³-hybridized carbons (Fsp3) is 0.862. The van der Waals surface area contributed by atoms with Crippen molar-refractivity contribution in [2.24, 2.45) is 28.6 Å². The van der Waals surface area contributed by atoms with Gasteiger partial charge in [0.2, 0.25) is 0 Å². The fourth-order valence-corrected chi connectivity index (χ4v) is 2.51. The van der Waals surface area contributed by atoms with Gasteiger partial charge in [-0.2, -0.15) is 0 Å². The minimum absolute atomic E-state index is 0.377. The van der Waals surface area contributed by atoms with Crippen molar-refractivity contribution in [1.29, 1.82) is 0 Å². The van der Waals surface area contributed by atoms with Crippen LogP contribution in [0.1, 0.15) is 136 Å². The molecule has 0 N–H and O–H groups in total. The molecule has 0 aromatic carbocycles. The van der Waals surface area contributed by atoms with Crippen LogP contribution in [0.5, 0.6) is 0 Å². The summed E-state index contributed by atoms with van der Waals surface area (Å²) in [7, 11) is 0. The second-order valence-electron chi connectivity index (χ2n) is 8.71. The van der Waals surface area contributed by atoms with Gasteiger partial charge in [0.15, 0.2) is 0 Å². The third kappa shape index (κ3) is 19.2. The van der Waals surface area contributed by atoms with E-state index in [1.165, 1.54) is 32.1 Å². The van der Waals surface area contributed by atoms with Crippen molar-refractivity contribution in [3.05, 3.63) is 25.3 Å². The third-order valence-corrected chi connectivity index (χ3v) is 5.80. The highest BCUT2D eigenvalue weighted by Gasteiger charge is 2.44. The van der Waals surface area contributed by atoms with Gasteiger partial charge in [-0.05, 0) is 41.4 Å². The molecule has 1 aliphatic rings. The van der Waals surface area contributed by atoms with E-state index in [1.807, 2.05) is 41.5 Å². The maximum absolute atomic E-state index is 3.00. The van der Waals surface area contributed by atoms with Crippen LogP contribution in [0.2, 0.25) is 0 Å². The molecule has 1 saturated carbocycles. The van der Waals surface area contributed by atoms with E-state index >= 15 is 0 Å². The summed E-state index contributed by atoms with van der Waals surface area (Å²) < 4.78 is 0. The second-order valence-corrected chi connectivity index (χ2v) is 8.71. The van der Waals surface area contributed by atoms with Gasteiger partial charge in [0, 0.05) is 0 Å². The van der Waals surface area contributed by atoms with Gasteiger partial charge < -0.3 is 0 Å². The highest BCUT2D eigenvalue weighted by Crippen LogP contribution is 2.53. The predicted octanol–water partition coefficient (Wildman–Crippen LogP) is 11.4. The Bertz CT molecular complexity index is 300. The average Bonchev–Trinajstić information content (AvgIpc) is 2.70. The van der Waals surface area contributed by atoms with Gasteiger partial charge in [0.25, 0.3) is 0 Å². The molecule has 0 nitrogen and oxygen atoms in total. The molecule has 0 heterocycles. The molecular weight excluding hydrogens is 348 g/mol. The molecule has 0 aromatic heterocycles. The number of allylic oxidation sites excluding steroid dienone is 2. The van der Waals surface area contributed by atoms with Crippen molar-refractivity contribution in [2.45, 2.75) is 136 Å². The summed E-state index contributed by atoms with van der Waals surface area (Å²) in [6.45, 7) is 38.9. The SMILES string of the molecule is C=C.CC.CC.CC.CCC(C)C.CCC(C)C=CC(C)(C1CCC1)C(C)(C)C. The smallest absolute Gasteiger partial charge is 0.00697 e. The Hall–Kier alpha value is -0.520. The first kappa shape index (κ1) is 39.0. The summed E-state index contributed by atoms with van der Waals surface area (Å²) in [6, 6.07) is 0. The van der Waals surface area contributed by atoms with E-state index in [4.69, 9.17) is 0 Å². The van der Waals surface area contributed by atoms with Crippen LogP contribution in [0.3, 0.4) is 0 Å². The van der Waals surface area contributed by atoms with Crippen molar-refractivity contribution in [3.8, 4) is 0 Å². The van der Waals surface area contributed by atoms with Crippen molar-refractivity contribution in [2.75, 3.05) is 0 Å². The van der Waals surface area contributed by atoms with E-state index in [2.05, 4.69) is 87.6 Å². The molecule has 0 amide bonds. The van der Waals surface area contributed by atoms with E-state index in [0.29, 0.717) is 10.8 Å². The maximum Gasteiger partial charge on any atom is -0.00697 e. The minimum Gasteiger partial charge on any atom is -0.106 e. The fourth-order valence-electron chi connectivity index (χ4n) is 2.51. The van der Waals surface area contributed by atoms with Gasteiger partial charge in [-0.1, -0.05) is 135 Å². The largest absolute Gasteiger partial charge is 0.106 e. The van der Waals surface area contributed by atoms with Crippen LogP contribution in [-0.4, -0.2) is 0 Å². The quantitative estimate of drug-likeness (QED) is 0.394. The topological polar surface area (TPSA) is 0 Å². The van der Waals surface area contributed by atoms with E-state index in [0.717, 1.165) is 17.8 Å². The minimum atomic E-state index is 0.377.